The Labute approximate surface area is 116 Å². The van der Waals surface area contributed by atoms with Gasteiger partial charge in [0.1, 0.15) is 0 Å². The second kappa shape index (κ2) is 7.62. The van der Waals surface area contributed by atoms with E-state index in [0.717, 1.165) is 25.1 Å². The molecule has 0 radical (unpaired) electrons. The van der Waals surface area contributed by atoms with Crippen LogP contribution in [0.2, 0.25) is 0 Å². The van der Waals surface area contributed by atoms with Crippen LogP contribution in [0.5, 0.6) is 0 Å². The zero-order valence-electron chi connectivity index (χ0n) is 11.9. The average Bonchev–Trinajstić information content (AvgIpc) is 2.37. The van der Waals surface area contributed by atoms with E-state index in [2.05, 4.69) is 17.0 Å². The van der Waals surface area contributed by atoms with Crippen LogP contribution >= 0.6 is 0 Å². The molecule has 0 atom stereocenters. The van der Waals surface area contributed by atoms with E-state index in [1.807, 2.05) is 26.0 Å². The zero-order chi connectivity index (χ0) is 14.3. The summed E-state index contributed by atoms with van der Waals surface area (Å²) < 4.78 is 26.6. The van der Waals surface area contributed by atoms with E-state index < -0.39 is 10.0 Å². The fraction of sp³-hybridized carbons (Fsp3) is 0.571. The van der Waals surface area contributed by atoms with Crippen molar-refractivity contribution in [3.8, 4) is 0 Å². The van der Waals surface area contributed by atoms with Crippen LogP contribution in [0, 0.1) is 5.92 Å². The molecule has 0 spiro atoms. The van der Waals surface area contributed by atoms with Gasteiger partial charge in [-0.05, 0) is 43.1 Å². The lowest BCUT2D eigenvalue weighted by Crippen LogP contribution is -2.27. The van der Waals surface area contributed by atoms with Crippen LogP contribution in [0.4, 0.5) is 0 Å². The number of hydrogen-bond donors (Lipinski definition) is 2. The highest BCUT2D eigenvalue weighted by molar-refractivity contribution is 7.89. The number of likely N-dealkylation sites (N-methyl/N-ethyl adjacent to an activating group) is 1. The molecule has 0 fully saturated rings. The molecule has 0 aliphatic carbocycles. The fourth-order valence-electron chi connectivity index (χ4n) is 1.60. The molecule has 0 bridgehead atoms. The quantitative estimate of drug-likeness (QED) is 0.715. The van der Waals surface area contributed by atoms with Gasteiger partial charge < -0.3 is 5.32 Å². The van der Waals surface area contributed by atoms with Crippen molar-refractivity contribution >= 4 is 10.0 Å². The van der Waals surface area contributed by atoms with Crippen LogP contribution in [0.1, 0.15) is 26.3 Å². The highest BCUT2D eigenvalue weighted by Crippen LogP contribution is 2.11. The first kappa shape index (κ1) is 16.1. The van der Waals surface area contributed by atoms with Gasteiger partial charge in [-0.2, -0.15) is 0 Å². The predicted molar refractivity (Wildman–Crippen MR) is 78.7 cm³/mol. The zero-order valence-corrected chi connectivity index (χ0v) is 12.8. The monoisotopic (exact) mass is 284 g/mol. The molecule has 0 aliphatic heterocycles. The van der Waals surface area contributed by atoms with E-state index in [1.165, 1.54) is 0 Å². The molecule has 0 amide bonds. The number of rotatable bonds is 8. The average molecular weight is 284 g/mol. The van der Waals surface area contributed by atoms with Gasteiger partial charge in [-0.15, -0.1) is 0 Å². The summed E-state index contributed by atoms with van der Waals surface area (Å²) in [6, 6.07) is 7.09. The van der Waals surface area contributed by atoms with Crippen LogP contribution in [-0.2, 0) is 16.4 Å². The Hall–Kier alpha value is -0.910. The summed E-state index contributed by atoms with van der Waals surface area (Å²) in [5.74, 6) is 0.300. The van der Waals surface area contributed by atoms with Crippen molar-refractivity contribution in [2.24, 2.45) is 5.92 Å². The van der Waals surface area contributed by atoms with Crippen LogP contribution < -0.4 is 10.0 Å². The summed E-state index contributed by atoms with van der Waals surface area (Å²) in [6.07, 6.45) is 0.910. The smallest absolute Gasteiger partial charge is 0.240 e. The molecule has 0 aromatic heterocycles. The van der Waals surface area contributed by atoms with Crippen LogP contribution in [-0.4, -0.2) is 28.1 Å². The van der Waals surface area contributed by atoms with E-state index in [9.17, 15) is 8.42 Å². The van der Waals surface area contributed by atoms with Gasteiger partial charge in [-0.3, -0.25) is 0 Å². The van der Waals surface area contributed by atoms with Crippen molar-refractivity contribution in [3.63, 3.8) is 0 Å². The molecule has 0 saturated heterocycles. The van der Waals surface area contributed by atoms with Crippen molar-refractivity contribution in [1.29, 1.82) is 0 Å². The summed E-state index contributed by atoms with van der Waals surface area (Å²) in [5.41, 5.74) is 1.14. The third-order valence-electron chi connectivity index (χ3n) is 2.76. The van der Waals surface area contributed by atoms with Crippen molar-refractivity contribution in [1.82, 2.24) is 10.0 Å². The van der Waals surface area contributed by atoms with Crippen LogP contribution in [0.3, 0.4) is 0 Å². The molecule has 0 saturated carbocycles. The Bertz CT molecular complexity index is 467. The molecule has 5 heteroatoms. The van der Waals surface area contributed by atoms with E-state index in [1.54, 1.807) is 12.1 Å². The standard InChI is InChI=1S/C14H24N2O2S/c1-4-15-10-9-13-5-7-14(8-6-13)19(17,18)16-11-12(2)3/h5-8,12,15-16H,4,9-11H2,1-3H3. The summed E-state index contributed by atoms with van der Waals surface area (Å²) >= 11 is 0. The summed E-state index contributed by atoms with van der Waals surface area (Å²) in [5, 5.41) is 3.24. The van der Waals surface area contributed by atoms with Gasteiger partial charge in [0, 0.05) is 6.54 Å². The van der Waals surface area contributed by atoms with E-state index in [0.29, 0.717) is 17.4 Å². The van der Waals surface area contributed by atoms with Crippen LogP contribution in [0.25, 0.3) is 0 Å². The minimum absolute atomic E-state index is 0.300. The molecule has 4 nitrogen and oxygen atoms in total. The van der Waals surface area contributed by atoms with Gasteiger partial charge in [-0.1, -0.05) is 32.9 Å². The first-order chi connectivity index (χ1) is 8.95. The maximum Gasteiger partial charge on any atom is 0.240 e. The van der Waals surface area contributed by atoms with Crippen molar-refractivity contribution in [2.45, 2.75) is 32.1 Å². The molecule has 1 rings (SSSR count). The highest BCUT2D eigenvalue weighted by Gasteiger charge is 2.13. The van der Waals surface area contributed by atoms with Crippen LogP contribution in [0.15, 0.2) is 29.2 Å². The molecule has 19 heavy (non-hydrogen) atoms. The first-order valence-electron chi connectivity index (χ1n) is 6.75. The molecule has 2 N–H and O–H groups in total. The van der Waals surface area contributed by atoms with E-state index in [4.69, 9.17) is 0 Å². The fourth-order valence-corrected chi connectivity index (χ4v) is 2.82. The van der Waals surface area contributed by atoms with Gasteiger partial charge >= 0.3 is 0 Å². The highest BCUT2D eigenvalue weighted by atomic mass is 32.2. The minimum Gasteiger partial charge on any atom is -0.317 e. The van der Waals surface area contributed by atoms with Crippen molar-refractivity contribution in [2.75, 3.05) is 19.6 Å². The summed E-state index contributed by atoms with van der Waals surface area (Å²) in [7, 11) is -3.36. The SMILES string of the molecule is CCNCCc1ccc(S(=O)(=O)NCC(C)C)cc1. The van der Waals surface area contributed by atoms with Gasteiger partial charge in [0.05, 0.1) is 4.90 Å². The lowest BCUT2D eigenvalue weighted by Gasteiger charge is -2.09. The second-order valence-corrected chi connectivity index (χ2v) is 6.76. The topological polar surface area (TPSA) is 58.2 Å². The Balaban J connectivity index is 2.64. The van der Waals surface area contributed by atoms with Crippen molar-refractivity contribution in [3.05, 3.63) is 29.8 Å². The van der Waals surface area contributed by atoms with Gasteiger partial charge in [0.15, 0.2) is 0 Å². The molecule has 0 unspecified atom stereocenters. The Morgan fingerprint density at radius 2 is 1.79 bits per heavy atom. The number of hydrogen-bond acceptors (Lipinski definition) is 3. The molecule has 1 aromatic carbocycles. The van der Waals surface area contributed by atoms with Gasteiger partial charge in [0.2, 0.25) is 10.0 Å². The Morgan fingerprint density at radius 1 is 1.16 bits per heavy atom. The molecular formula is C14H24N2O2S. The largest absolute Gasteiger partial charge is 0.317 e. The molecular weight excluding hydrogens is 260 g/mol. The molecule has 108 valence electrons. The third-order valence-corrected chi connectivity index (χ3v) is 4.20. The Morgan fingerprint density at radius 3 is 2.32 bits per heavy atom. The predicted octanol–water partition coefficient (Wildman–Crippen LogP) is 1.77. The lowest BCUT2D eigenvalue weighted by atomic mass is 10.1. The number of sulfonamides is 1. The molecule has 1 aromatic rings. The molecule has 0 aliphatic rings. The summed E-state index contributed by atoms with van der Waals surface area (Å²) in [4.78, 5) is 0.334. The lowest BCUT2D eigenvalue weighted by molar-refractivity contribution is 0.560. The van der Waals surface area contributed by atoms with Gasteiger partial charge in [0.25, 0.3) is 0 Å². The van der Waals surface area contributed by atoms with E-state index in [-0.39, 0.29) is 0 Å². The first-order valence-corrected chi connectivity index (χ1v) is 8.23. The summed E-state index contributed by atoms with van der Waals surface area (Å²) in [6.45, 7) is 8.35. The van der Waals surface area contributed by atoms with E-state index >= 15 is 0 Å². The maximum absolute atomic E-state index is 12.0. The minimum atomic E-state index is -3.36. The number of nitrogens with one attached hydrogen (secondary N) is 2. The number of benzene rings is 1. The Kier molecular flexibility index (Phi) is 6.48. The van der Waals surface area contributed by atoms with Crippen molar-refractivity contribution < 1.29 is 8.42 Å². The normalized spacial score (nSPS) is 12.0. The third kappa shape index (κ3) is 5.72. The second-order valence-electron chi connectivity index (χ2n) is 4.99. The maximum atomic E-state index is 12.0. The van der Waals surface area contributed by atoms with Gasteiger partial charge in [-0.25, -0.2) is 13.1 Å². The molecule has 0 heterocycles.